The normalized spacial score (nSPS) is 26.2. The van der Waals surface area contributed by atoms with Gasteiger partial charge in [-0.15, -0.1) is 0 Å². The molecule has 70 valence electrons. The number of rotatable bonds is 4. The van der Waals surface area contributed by atoms with Crippen molar-refractivity contribution in [3.63, 3.8) is 0 Å². The first-order valence-electron chi connectivity index (χ1n) is 4.44. The quantitative estimate of drug-likeness (QED) is 0.480. The van der Waals surface area contributed by atoms with E-state index in [-0.39, 0.29) is 0 Å². The van der Waals surface area contributed by atoms with Crippen molar-refractivity contribution in [2.24, 2.45) is 21.8 Å². The molecule has 0 aliphatic heterocycles. The van der Waals surface area contributed by atoms with Crippen LogP contribution in [0, 0.1) is 11.8 Å². The highest BCUT2D eigenvalue weighted by molar-refractivity contribution is 5.33. The molecule has 0 aromatic rings. The summed E-state index contributed by atoms with van der Waals surface area (Å²) in [5.41, 5.74) is 0. The lowest BCUT2D eigenvalue weighted by atomic mass is 10.1. The number of isocyanates is 2. The van der Waals surface area contributed by atoms with Crippen LogP contribution in [0.2, 0.25) is 0 Å². The molecular weight excluding hydrogens is 168 g/mol. The summed E-state index contributed by atoms with van der Waals surface area (Å²) in [7, 11) is 0. The fraction of sp³-hybridized carbons (Fsp3) is 0.778. The summed E-state index contributed by atoms with van der Waals surface area (Å²) in [4.78, 5) is 26.8. The van der Waals surface area contributed by atoms with E-state index in [0.717, 1.165) is 19.3 Å². The average molecular weight is 180 g/mol. The molecule has 1 aliphatic carbocycles. The van der Waals surface area contributed by atoms with E-state index in [1.807, 2.05) is 0 Å². The molecular formula is C9H12N2O2. The largest absolute Gasteiger partial charge is 0.234 e. The van der Waals surface area contributed by atoms with Crippen LogP contribution in [-0.4, -0.2) is 25.2 Å². The molecule has 0 spiro atoms. The molecule has 0 aromatic carbocycles. The molecule has 4 heteroatoms. The first-order valence-corrected chi connectivity index (χ1v) is 4.44. The van der Waals surface area contributed by atoms with Crippen LogP contribution in [0.4, 0.5) is 0 Å². The van der Waals surface area contributed by atoms with Gasteiger partial charge in [-0.05, 0) is 31.1 Å². The number of aliphatic imine (C=N–C) groups is 2. The standard InChI is InChI=1S/C9H12N2O2/c12-6-10-4-8-1-2-9(3-8)5-11-7-13/h8-9H,1-5H2. The highest BCUT2D eigenvalue weighted by atomic mass is 16.1. The van der Waals surface area contributed by atoms with Gasteiger partial charge in [-0.3, -0.25) is 0 Å². The molecule has 1 fully saturated rings. The minimum atomic E-state index is 0.480. The number of hydrogen-bond acceptors (Lipinski definition) is 4. The van der Waals surface area contributed by atoms with Crippen LogP contribution in [0.3, 0.4) is 0 Å². The number of nitrogens with zero attached hydrogens (tertiary/aromatic N) is 2. The van der Waals surface area contributed by atoms with Gasteiger partial charge in [-0.25, -0.2) is 19.6 Å². The Labute approximate surface area is 76.8 Å². The van der Waals surface area contributed by atoms with Crippen molar-refractivity contribution in [1.82, 2.24) is 0 Å². The Hall–Kier alpha value is -1.24. The fourth-order valence-electron chi connectivity index (χ4n) is 1.84. The van der Waals surface area contributed by atoms with Gasteiger partial charge in [0.1, 0.15) is 0 Å². The van der Waals surface area contributed by atoms with Gasteiger partial charge in [0.05, 0.1) is 13.1 Å². The molecule has 0 aromatic heterocycles. The van der Waals surface area contributed by atoms with Gasteiger partial charge in [0.15, 0.2) is 0 Å². The van der Waals surface area contributed by atoms with Crippen LogP contribution in [0.5, 0.6) is 0 Å². The highest BCUT2D eigenvalue weighted by Crippen LogP contribution is 2.30. The monoisotopic (exact) mass is 180 g/mol. The van der Waals surface area contributed by atoms with Gasteiger partial charge in [0.25, 0.3) is 0 Å². The Kier molecular flexibility index (Phi) is 4.10. The molecule has 13 heavy (non-hydrogen) atoms. The number of carbonyl (C=O) groups excluding carboxylic acids is 2. The Bertz CT molecular complexity index is 226. The molecule has 0 heterocycles. The van der Waals surface area contributed by atoms with Crippen molar-refractivity contribution < 1.29 is 9.59 Å². The van der Waals surface area contributed by atoms with Crippen molar-refractivity contribution in [2.75, 3.05) is 13.1 Å². The third-order valence-electron chi connectivity index (χ3n) is 2.48. The lowest BCUT2D eigenvalue weighted by Crippen LogP contribution is -2.02. The van der Waals surface area contributed by atoms with Crippen molar-refractivity contribution in [2.45, 2.75) is 19.3 Å². The van der Waals surface area contributed by atoms with E-state index in [2.05, 4.69) is 9.98 Å². The smallest absolute Gasteiger partial charge is 0.211 e. The molecule has 0 saturated heterocycles. The summed E-state index contributed by atoms with van der Waals surface area (Å²) in [6.45, 7) is 1.15. The number of hydrogen-bond donors (Lipinski definition) is 0. The SMILES string of the molecule is O=C=NCC1CCC(CN=C=O)C1. The van der Waals surface area contributed by atoms with Gasteiger partial charge >= 0.3 is 0 Å². The van der Waals surface area contributed by atoms with E-state index in [0.29, 0.717) is 24.9 Å². The maximum Gasteiger partial charge on any atom is 0.234 e. The fourth-order valence-corrected chi connectivity index (χ4v) is 1.84. The predicted octanol–water partition coefficient (Wildman–Crippen LogP) is 1.07. The second kappa shape index (κ2) is 5.41. The zero-order valence-electron chi connectivity index (χ0n) is 7.40. The van der Waals surface area contributed by atoms with Crippen LogP contribution >= 0.6 is 0 Å². The maximum absolute atomic E-state index is 9.85. The van der Waals surface area contributed by atoms with Crippen molar-refractivity contribution in [3.8, 4) is 0 Å². The summed E-state index contributed by atoms with van der Waals surface area (Å²) in [5.74, 6) is 0.960. The van der Waals surface area contributed by atoms with Gasteiger partial charge in [-0.1, -0.05) is 0 Å². The van der Waals surface area contributed by atoms with Crippen LogP contribution in [0.25, 0.3) is 0 Å². The molecule has 4 nitrogen and oxygen atoms in total. The maximum atomic E-state index is 9.85. The molecule has 1 rings (SSSR count). The summed E-state index contributed by atoms with van der Waals surface area (Å²) < 4.78 is 0. The van der Waals surface area contributed by atoms with E-state index in [1.54, 1.807) is 12.2 Å². The van der Waals surface area contributed by atoms with Gasteiger partial charge in [0.2, 0.25) is 12.2 Å². The average Bonchev–Trinajstić information content (AvgIpc) is 2.59. The van der Waals surface area contributed by atoms with Crippen LogP contribution in [0.15, 0.2) is 9.98 Å². The Balaban J connectivity index is 2.27. The summed E-state index contributed by atoms with van der Waals surface area (Å²) in [5, 5.41) is 0. The van der Waals surface area contributed by atoms with Crippen LogP contribution < -0.4 is 0 Å². The van der Waals surface area contributed by atoms with E-state index in [9.17, 15) is 9.59 Å². The van der Waals surface area contributed by atoms with E-state index < -0.39 is 0 Å². The minimum absolute atomic E-state index is 0.480. The van der Waals surface area contributed by atoms with E-state index >= 15 is 0 Å². The minimum Gasteiger partial charge on any atom is -0.211 e. The molecule has 1 aliphatic rings. The first-order chi connectivity index (χ1) is 6.36. The lowest BCUT2D eigenvalue weighted by Gasteiger charge is -2.04. The second-order valence-corrected chi connectivity index (χ2v) is 3.41. The van der Waals surface area contributed by atoms with Gasteiger partial charge < -0.3 is 0 Å². The predicted molar refractivity (Wildman–Crippen MR) is 46.8 cm³/mol. The third-order valence-corrected chi connectivity index (χ3v) is 2.48. The molecule has 2 atom stereocenters. The zero-order chi connectivity index (χ0) is 9.52. The zero-order valence-corrected chi connectivity index (χ0v) is 7.40. The molecule has 1 saturated carbocycles. The van der Waals surface area contributed by atoms with Crippen molar-refractivity contribution >= 4 is 12.2 Å². The summed E-state index contributed by atoms with van der Waals surface area (Å²) in [6.07, 6.45) is 6.24. The molecule has 0 amide bonds. The van der Waals surface area contributed by atoms with E-state index in [1.165, 1.54) is 0 Å². The molecule has 0 radical (unpaired) electrons. The Morgan fingerprint density at radius 2 is 1.46 bits per heavy atom. The van der Waals surface area contributed by atoms with Crippen LogP contribution in [0.1, 0.15) is 19.3 Å². The molecule has 2 unspecified atom stereocenters. The summed E-state index contributed by atoms with van der Waals surface area (Å²) >= 11 is 0. The highest BCUT2D eigenvalue weighted by Gasteiger charge is 2.23. The van der Waals surface area contributed by atoms with Crippen molar-refractivity contribution in [3.05, 3.63) is 0 Å². The van der Waals surface area contributed by atoms with Gasteiger partial charge in [0, 0.05) is 0 Å². The second-order valence-electron chi connectivity index (χ2n) is 3.41. The van der Waals surface area contributed by atoms with Gasteiger partial charge in [-0.2, -0.15) is 0 Å². The third kappa shape index (κ3) is 3.32. The molecule has 0 N–H and O–H groups in total. The topological polar surface area (TPSA) is 58.9 Å². The molecule has 0 bridgehead atoms. The van der Waals surface area contributed by atoms with E-state index in [4.69, 9.17) is 0 Å². The Morgan fingerprint density at radius 1 is 1.00 bits per heavy atom. The van der Waals surface area contributed by atoms with Crippen LogP contribution in [-0.2, 0) is 9.59 Å². The Morgan fingerprint density at radius 3 is 1.85 bits per heavy atom. The summed E-state index contributed by atoms with van der Waals surface area (Å²) in [6, 6.07) is 0. The first kappa shape index (κ1) is 9.85. The van der Waals surface area contributed by atoms with Crippen molar-refractivity contribution in [1.29, 1.82) is 0 Å². The lowest BCUT2D eigenvalue weighted by molar-refractivity contribution is 0.499.